The third-order valence-corrected chi connectivity index (χ3v) is 5.46. The van der Waals surface area contributed by atoms with Crippen molar-refractivity contribution < 1.29 is 54.8 Å². The third-order valence-electron chi connectivity index (χ3n) is 5.46. The van der Waals surface area contributed by atoms with Crippen LogP contribution in [0, 0.1) is 0 Å². The number of aliphatic hydroxyl groups is 4. The molecule has 1 saturated heterocycles. The van der Waals surface area contributed by atoms with Crippen molar-refractivity contribution in [2.45, 2.75) is 30.2 Å². The van der Waals surface area contributed by atoms with Crippen molar-refractivity contribution in [2.24, 2.45) is 0 Å². The molecule has 1 aliphatic rings. The Morgan fingerprint density at radius 3 is 2.18 bits per heavy atom. The maximum Gasteiger partial charge on any atom is 0.335 e. The lowest BCUT2D eigenvalue weighted by Crippen LogP contribution is -2.64. The number of carbonyl (C=O) groups is 1. The molecule has 33 heavy (non-hydrogen) atoms. The normalized spacial score (nSPS) is 27.5. The second kappa shape index (κ2) is 7.72. The number of phenols is 2. The van der Waals surface area contributed by atoms with Gasteiger partial charge in [0.05, 0.1) is 5.56 Å². The second-order valence-corrected chi connectivity index (χ2v) is 7.47. The van der Waals surface area contributed by atoms with Gasteiger partial charge in [0.25, 0.3) is 0 Å². The molecule has 2 heterocycles. The SMILES string of the molecule is O=C(O)[C@H]1OC(O)(c2cc3oc(-c4ccccc4)c(O)c(=O)c3c(O)c2O)[C@H](O)[C@@H](O)[C@@H]1O. The minimum atomic E-state index is -3.17. The van der Waals surface area contributed by atoms with Gasteiger partial charge in [-0.25, -0.2) is 4.79 Å². The molecular formula is C21H18O12. The largest absolute Gasteiger partial charge is 0.504 e. The molecule has 12 nitrogen and oxygen atoms in total. The van der Waals surface area contributed by atoms with Crippen molar-refractivity contribution in [3.05, 3.63) is 52.2 Å². The van der Waals surface area contributed by atoms with E-state index in [-0.39, 0.29) is 11.3 Å². The summed E-state index contributed by atoms with van der Waals surface area (Å²) in [5.74, 6) is -8.58. The van der Waals surface area contributed by atoms with Crippen molar-refractivity contribution in [1.29, 1.82) is 0 Å². The molecule has 3 aromatic rings. The summed E-state index contributed by atoms with van der Waals surface area (Å²) in [5.41, 5.74) is -2.23. The Balaban J connectivity index is 1.99. The molecular weight excluding hydrogens is 444 g/mol. The van der Waals surface area contributed by atoms with Crippen LogP contribution in [0.25, 0.3) is 22.3 Å². The fourth-order valence-electron chi connectivity index (χ4n) is 3.72. The van der Waals surface area contributed by atoms with Crippen LogP contribution >= 0.6 is 0 Å². The lowest BCUT2D eigenvalue weighted by atomic mass is 9.87. The fraction of sp³-hybridized carbons (Fsp3) is 0.238. The highest BCUT2D eigenvalue weighted by atomic mass is 16.7. The van der Waals surface area contributed by atoms with Gasteiger partial charge in [-0.15, -0.1) is 0 Å². The molecule has 2 aromatic carbocycles. The van der Waals surface area contributed by atoms with E-state index in [2.05, 4.69) is 0 Å². The molecule has 1 unspecified atom stereocenters. The van der Waals surface area contributed by atoms with Gasteiger partial charge in [0, 0.05) is 5.56 Å². The minimum Gasteiger partial charge on any atom is -0.504 e. The number of aliphatic hydroxyl groups excluding tert-OH is 3. The Labute approximate surface area is 183 Å². The van der Waals surface area contributed by atoms with Gasteiger partial charge < -0.3 is 50.0 Å². The monoisotopic (exact) mass is 462 g/mol. The number of aromatic hydroxyl groups is 3. The van der Waals surface area contributed by atoms with Crippen molar-refractivity contribution in [1.82, 2.24) is 0 Å². The van der Waals surface area contributed by atoms with Crippen LogP contribution in [-0.2, 0) is 15.3 Å². The highest BCUT2D eigenvalue weighted by Gasteiger charge is 2.57. The first-order chi connectivity index (χ1) is 15.5. The van der Waals surface area contributed by atoms with Crippen LogP contribution < -0.4 is 5.43 Å². The van der Waals surface area contributed by atoms with Gasteiger partial charge in [0.1, 0.15) is 29.3 Å². The van der Waals surface area contributed by atoms with Crippen LogP contribution in [-0.4, -0.2) is 71.2 Å². The number of carboxylic acid groups (broad SMARTS) is 1. The third kappa shape index (κ3) is 3.28. The number of aliphatic carboxylic acids is 1. The Bertz CT molecular complexity index is 1300. The van der Waals surface area contributed by atoms with E-state index in [9.17, 15) is 50.4 Å². The molecule has 174 valence electrons. The Kier molecular flexibility index (Phi) is 5.27. The van der Waals surface area contributed by atoms with E-state index >= 15 is 0 Å². The van der Waals surface area contributed by atoms with Gasteiger partial charge in [-0.3, -0.25) is 4.79 Å². The summed E-state index contributed by atoms with van der Waals surface area (Å²) in [4.78, 5) is 24.1. The Hall–Kier alpha value is -3.68. The number of rotatable bonds is 3. The topological polar surface area (TPSA) is 218 Å². The van der Waals surface area contributed by atoms with Crippen LogP contribution in [0.15, 0.2) is 45.6 Å². The maximum atomic E-state index is 12.7. The summed E-state index contributed by atoms with van der Waals surface area (Å²) in [6.07, 6.45) is -9.03. The van der Waals surface area contributed by atoms with E-state index < -0.39 is 75.4 Å². The lowest BCUT2D eigenvalue weighted by Gasteiger charge is -2.44. The molecule has 0 bridgehead atoms. The van der Waals surface area contributed by atoms with E-state index in [1.165, 1.54) is 12.1 Å². The quantitative estimate of drug-likeness (QED) is 0.226. The highest BCUT2D eigenvalue weighted by molar-refractivity contribution is 5.90. The molecule has 8 N–H and O–H groups in total. The van der Waals surface area contributed by atoms with E-state index in [0.29, 0.717) is 0 Å². The molecule has 12 heteroatoms. The zero-order chi connectivity index (χ0) is 24.2. The number of phenolic OH excluding ortho intramolecular Hbond substituents is 2. The predicted octanol–water partition coefficient (Wildman–Crippen LogP) is -0.712. The fourth-order valence-corrected chi connectivity index (χ4v) is 3.72. The van der Waals surface area contributed by atoms with Crippen LogP contribution in [0.5, 0.6) is 17.2 Å². The molecule has 0 spiro atoms. The number of hydrogen-bond acceptors (Lipinski definition) is 11. The molecule has 0 radical (unpaired) electrons. The summed E-state index contributed by atoms with van der Waals surface area (Å²) in [6, 6.07) is 8.62. The van der Waals surface area contributed by atoms with E-state index in [0.717, 1.165) is 6.07 Å². The van der Waals surface area contributed by atoms with Crippen molar-refractivity contribution in [2.75, 3.05) is 0 Å². The lowest BCUT2D eigenvalue weighted by molar-refractivity contribution is -0.350. The summed E-state index contributed by atoms with van der Waals surface area (Å²) >= 11 is 0. The van der Waals surface area contributed by atoms with Crippen LogP contribution in [0.3, 0.4) is 0 Å². The molecule has 1 fully saturated rings. The summed E-state index contributed by atoms with van der Waals surface area (Å²) in [7, 11) is 0. The minimum absolute atomic E-state index is 0.264. The number of carboxylic acids is 1. The van der Waals surface area contributed by atoms with Gasteiger partial charge in [0.15, 0.2) is 23.4 Å². The smallest absolute Gasteiger partial charge is 0.335 e. The van der Waals surface area contributed by atoms with E-state index in [1.54, 1.807) is 18.2 Å². The molecule has 0 saturated carbocycles. The molecule has 0 aliphatic carbocycles. The Morgan fingerprint density at radius 1 is 0.939 bits per heavy atom. The van der Waals surface area contributed by atoms with Crippen LogP contribution in [0.4, 0.5) is 0 Å². The van der Waals surface area contributed by atoms with E-state index in [4.69, 9.17) is 9.15 Å². The standard InChI is InChI=1S/C21H18O12/c22-11-8(21(31)19(28)16(27)15(26)18(33-21)20(29)30)6-9-10(12(11)23)13(24)14(25)17(32-9)7-4-2-1-3-5-7/h1-6,15-16,18-19,22-23,25-28,31H,(H,29,30)/t15-,16-,18-,19+,21?/m0/s1. The molecule has 1 aliphatic heterocycles. The number of hydrogen-bond donors (Lipinski definition) is 8. The Morgan fingerprint density at radius 2 is 1.58 bits per heavy atom. The molecule has 0 amide bonds. The van der Waals surface area contributed by atoms with Gasteiger partial charge in [-0.1, -0.05) is 30.3 Å². The number of benzene rings is 2. The van der Waals surface area contributed by atoms with Crippen molar-refractivity contribution in [3.63, 3.8) is 0 Å². The number of ether oxygens (including phenoxy) is 1. The first-order valence-corrected chi connectivity index (χ1v) is 9.46. The number of fused-ring (bicyclic) bond motifs is 1. The van der Waals surface area contributed by atoms with Gasteiger partial charge in [0.2, 0.25) is 17.0 Å². The van der Waals surface area contributed by atoms with Crippen LogP contribution in [0.2, 0.25) is 0 Å². The van der Waals surface area contributed by atoms with Crippen LogP contribution in [0.1, 0.15) is 5.56 Å². The first-order valence-electron chi connectivity index (χ1n) is 9.46. The average Bonchev–Trinajstić information content (AvgIpc) is 2.79. The summed E-state index contributed by atoms with van der Waals surface area (Å²) in [6.45, 7) is 0. The summed E-state index contributed by atoms with van der Waals surface area (Å²) < 4.78 is 10.5. The first kappa shape index (κ1) is 22.5. The van der Waals surface area contributed by atoms with Gasteiger partial charge in [-0.2, -0.15) is 0 Å². The second-order valence-electron chi connectivity index (χ2n) is 7.47. The summed E-state index contributed by atoms with van der Waals surface area (Å²) in [5, 5.41) is 80.9. The van der Waals surface area contributed by atoms with Crippen molar-refractivity contribution >= 4 is 16.9 Å². The molecule has 1 aromatic heterocycles. The van der Waals surface area contributed by atoms with Gasteiger partial charge >= 0.3 is 5.97 Å². The zero-order valence-corrected chi connectivity index (χ0v) is 16.5. The average molecular weight is 462 g/mol. The predicted molar refractivity (Wildman–Crippen MR) is 107 cm³/mol. The molecule has 4 rings (SSSR count). The van der Waals surface area contributed by atoms with E-state index in [1.807, 2.05) is 0 Å². The van der Waals surface area contributed by atoms with Gasteiger partial charge in [-0.05, 0) is 6.07 Å². The maximum absolute atomic E-state index is 12.7. The zero-order valence-electron chi connectivity index (χ0n) is 16.5. The highest BCUT2D eigenvalue weighted by Crippen LogP contribution is 2.46. The molecule has 5 atom stereocenters. The van der Waals surface area contributed by atoms with Crippen molar-refractivity contribution in [3.8, 4) is 28.6 Å².